The molecule has 1 aromatic heterocycles. The molecule has 0 aliphatic rings. The van der Waals surface area contributed by atoms with Gasteiger partial charge < -0.3 is 5.11 Å². The van der Waals surface area contributed by atoms with E-state index in [1.165, 1.54) is 6.07 Å². The number of hydrogen-bond donors (Lipinski definition) is 2. The first-order valence-electron chi connectivity index (χ1n) is 6.89. The Labute approximate surface area is 150 Å². The lowest BCUT2D eigenvalue weighted by Gasteiger charge is -2.16. The molecule has 0 unspecified atom stereocenters. The van der Waals surface area contributed by atoms with E-state index < -0.39 is 28.8 Å². The Morgan fingerprint density at radius 1 is 1.12 bits per heavy atom. The Morgan fingerprint density at radius 2 is 1.80 bits per heavy atom. The zero-order valence-electron chi connectivity index (χ0n) is 12.3. The lowest BCUT2D eigenvalue weighted by atomic mass is 9.99. The van der Waals surface area contributed by atoms with Gasteiger partial charge in [-0.1, -0.05) is 52.7 Å². The van der Waals surface area contributed by atoms with Crippen LogP contribution in [0, 0.1) is 0 Å². The maximum Gasteiger partial charge on any atom is 0.356 e. The molecule has 0 aliphatic carbocycles. The molecule has 5 nitrogen and oxygen atoms in total. The van der Waals surface area contributed by atoms with Gasteiger partial charge >= 0.3 is 11.9 Å². The van der Waals surface area contributed by atoms with E-state index in [-0.39, 0.29) is 5.02 Å². The number of nitrogens with zero attached hydrogens (tertiary/aromatic N) is 2. The third-order valence-corrected chi connectivity index (χ3v) is 4.11. The maximum absolute atomic E-state index is 14.6. The number of carboxylic acid groups (broad SMARTS) is 1. The Bertz CT molecular complexity index is 943. The van der Waals surface area contributed by atoms with Gasteiger partial charge in [-0.3, -0.25) is 5.10 Å². The van der Waals surface area contributed by atoms with Crippen LogP contribution in [0.4, 0.5) is 8.78 Å². The highest BCUT2D eigenvalue weighted by Crippen LogP contribution is 2.39. The van der Waals surface area contributed by atoms with Crippen molar-refractivity contribution in [1.82, 2.24) is 15.4 Å². The average Bonchev–Trinajstić information content (AvgIpc) is 3.06. The van der Waals surface area contributed by atoms with Crippen molar-refractivity contribution in [3.8, 4) is 11.1 Å². The molecule has 128 valence electrons. The van der Waals surface area contributed by atoms with Crippen molar-refractivity contribution in [3.63, 3.8) is 0 Å². The molecule has 3 rings (SSSR count). The standard InChI is InChI=1S/C16H9Cl2F2N3O2/c17-10-4-1-8(2-5-10)11-6-3-9(7-12(11)18)16(19,20)14-13(15(24)25)21-23-22-14/h1-7H,(H,24,25)(H,21,22,23). The average molecular weight is 384 g/mol. The van der Waals surface area contributed by atoms with E-state index in [1.807, 2.05) is 5.10 Å². The summed E-state index contributed by atoms with van der Waals surface area (Å²) in [6.45, 7) is 0. The van der Waals surface area contributed by atoms with Crippen LogP contribution in [0.25, 0.3) is 11.1 Å². The highest BCUT2D eigenvalue weighted by Gasteiger charge is 2.41. The number of benzene rings is 2. The van der Waals surface area contributed by atoms with E-state index in [4.69, 9.17) is 28.3 Å². The molecule has 25 heavy (non-hydrogen) atoms. The van der Waals surface area contributed by atoms with Gasteiger partial charge in [0.15, 0.2) is 11.4 Å². The van der Waals surface area contributed by atoms with Gasteiger partial charge in [0, 0.05) is 21.2 Å². The van der Waals surface area contributed by atoms with Crippen molar-refractivity contribution >= 4 is 29.2 Å². The Morgan fingerprint density at radius 3 is 2.40 bits per heavy atom. The van der Waals surface area contributed by atoms with Crippen molar-refractivity contribution in [3.05, 3.63) is 69.5 Å². The summed E-state index contributed by atoms with van der Waals surface area (Å²) >= 11 is 12.0. The molecule has 0 bridgehead atoms. The lowest BCUT2D eigenvalue weighted by molar-refractivity contribution is 0.0346. The van der Waals surface area contributed by atoms with Crippen LogP contribution in [0.2, 0.25) is 10.0 Å². The van der Waals surface area contributed by atoms with Crippen LogP contribution in [0.3, 0.4) is 0 Å². The summed E-state index contributed by atoms with van der Waals surface area (Å²) in [6, 6.07) is 10.4. The highest BCUT2D eigenvalue weighted by molar-refractivity contribution is 6.33. The molecule has 1 heterocycles. The van der Waals surface area contributed by atoms with Gasteiger partial charge in [-0.05, 0) is 23.8 Å². The number of carboxylic acids is 1. The van der Waals surface area contributed by atoms with Gasteiger partial charge in [0.25, 0.3) is 0 Å². The molecular weight excluding hydrogens is 375 g/mol. The number of aromatic nitrogens is 3. The fraction of sp³-hybridized carbons (Fsp3) is 0.0625. The fourth-order valence-corrected chi connectivity index (χ4v) is 2.72. The van der Waals surface area contributed by atoms with E-state index >= 15 is 0 Å². The number of aromatic carboxylic acids is 1. The molecule has 0 saturated heterocycles. The molecule has 3 aromatic rings. The fourth-order valence-electron chi connectivity index (χ4n) is 2.31. The van der Waals surface area contributed by atoms with Crippen LogP contribution in [-0.4, -0.2) is 26.5 Å². The monoisotopic (exact) mass is 383 g/mol. The molecule has 0 spiro atoms. The predicted molar refractivity (Wildman–Crippen MR) is 88.2 cm³/mol. The van der Waals surface area contributed by atoms with Crippen LogP contribution in [0.15, 0.2) is 42.5 Å². The van der Waals surface area contributed by atoms with Crippen molar-refractivity contribution in [2.24, 2.45) is 0 Å². The zero-order chi connectivity index (χ0) is 18.2. The zero-order valence-corrected chi connectivity index (χ0v) is 13.8. The summed E-state index contributed by atoms with van der Waals surface area (Å²) in [5.41, 5.74) is -1.00. The van der Waals surface area contributed by atoms with Gasteiger partial charge in [0.2, 0.25) is 0 Å². The third kappa shape index (κ3) is 3.20. The van der Waals surface area contributed by atoms with Gasteiger partial charge in [0.05, 0.1) is 0 Å². The van der Waals surface area contributed by atoms with Crippen LogP contribution in [0.1, 0.15) is 21.7 Å². The molecular formula is C16H9Cl2F2N3O2. The molecule has 0 aliphatic heterocycles. The van der Waals surface area contributed by atoms with Crippen molar-refractivity contribution in [2.45, 2.75) is 5.92 Å². The molecule has 0 atom stereocenters. The molecule has 0 amide bonds. The SMILES string of the molecule is O=C(O)c1[nH]nnc1C(F)(F)c1ccc(-c2ccc(Cl)cc2)c(Cl)c1. The summed E-state index contributed by atoms with van der Waals surface area (Å²) in [5.74, 6) is -5.26. The van der Waals surface area contributed by atoms with Gasteiger partial charge in [0.1, 0.15) is 0 Å². The van der Waals surface area contributed by atoms with Crippen LogP contribution in [0.5, 0.6) is 0 Å². The minimum atomic E-state index is -3.68. The van der Waals surface area contributed by atoms with E-state index in [0.717, 1.165) is 12.1 Å². The van der Waals surface area contributed by atoms with Crippen LogP contribution in [-0.2, 0) is 5.92 Å². The Kier molecular flexibility index (Phi) is 4.45. The number of carbonyl (C=O) groups is 1. The van der Waals surface area contributed by atoms with E-state index in [0.29, 0.717) is 16.1 Å². The van der Waals surface area contributed by atoms with E-state index in [2.05, 4.69) is 10.3 Å². The topological polar surface area (TPSA) is 78.9 Å². The first kappa shape index (κ1) is 17.3. The summed E-state index contributed by atoms with van der Waals surface area (Å²) in [6.07, 6.45) is 0. The third-order valence-electron chi connectivity index (χ3n) is 3.55. The largest absolute Gasteiger partial charge is 0.476 e. The summed E-state index contributed by atoms with van der Waals surface area (Å²) in [4.78, 5) is 11.0. The number of hydrogen-bond acceptors (Lipinski definition) is 3. The summed E-state index contributed by atoms with van der Waals surface area (Å²) in [7, 11) is 0. The van der Waals surface area contributed by atoms with E-state index in [9.17, 15) is 13.6 Å². The lowest BCUT2D eigenvalue weighted by Crippen LogP contribution is -2.20. The number of nitrogens with one attached hydrogen (secondary N) is 1. The van der Waals surface area contributed by atoms with Crippen LogP contribution < -0.4 is 0 Å². The second-order valence-corrected chi connectivity index (χ2v) is 5.96. The molecule has 0 radical (unpaired) electrons. The molecule has 0 fully saturated rings. The molecule has 0 saturated carbocycles. The Hall–Kier alpha value is -2.51. The summed E-state index contributed by atoms with van der Waals surface area (Å²) < 4.78 is 29.3. The smallest absolute Gasteiger partial charge is 0.356 e. The quantitative estimate of drug-likeness (QED) is 0.688. The second kappa shape index (κ2) is 6.42. The van der Waals surface area contributed by atoms with Gasteiger partial charge in [-0.25, -0.2) is 4.79 Å². The van der Waals surface area contributed by atoms with Crippen molar-refractivity contribution in [1.29, 1.82) is 0 Å². The normalized spacial score (nSPS) is 11.5. The first-order chi connectivity index (χ1) is 11.8. The van der Waals surface area contributed by atoms with Gasteiger partial charge in [-0.2, -0.15) is 8.78 Å². The number of rotatable bonds is 4. The summed E-state index contributed by atoms with van der Waals surface area (Å²) in [5, 5.41) is 17.9. The number of H-pyrrole nitrogens is 1. The molecule has 2 aromatic carbocycles. The molecule has 9 heteroatoms. The van der Waals surface area contributed by atoms with Crippen molar-refractivity contribution < 1.29 is 18.7 Å². The predicted octanol–water partition coefficient (Wildman–Crippen LogP) is 4.62. The Balaban J connectivity index is 2.03. The second-order valence-electron chi connectivity index (χ2n) is 5.12. The number of alkyl halides is 2. The van der Waals surface area contributed by atoms with Gasteiger partial charge in [-0.15, -0.1) is 5.10 Å². The van der Waals surface area contributed by atoms with Crippen LogP contribution >= 0.6 is 23.2 Å². The van der Waals surface area contributed by atoms with Crippen molar-refractivity contribution in [2.75, 3.05) is 0 Å². The number of halogens is 4. The first-order valence-corrected chi connectivity index (χ1v) is 7.65. The molecule has 2 N–H and O–H groups in total. The minimum Gasteiger partial charge on any atom is -0.476 e. The maximum atomic E-state index is 14.6. The number of aromatic amines is 1. The minimum absolute atomic E-state index is 0.0832. The van der Waals surface area contributed by atoms with E-state index in [1.54, 1.807) is 24.3 Å². The highest BCUT2D eigenvalue weighted by atomic mass is 35.5.